The standard InChI is InChI=1S/C12H24N2O/c1-12(2,3)8-14-11(15)10-6-4-5-9(10)7-13/h9-10H,4-8,13H2,1-3H3,(H,14,15)/t9-,10-/m1/s1. The van der Waals surface area contributed by atoms with E-state index in [4.69, 9.17) is 5.73 Å². The van der Waals surface area contributed by atoms with Crippen LogP contribution in [0.25, 0.3) is 0 Å². The molecule has 0 bridgehead atoms. The smallest absolute Gasteiger partial charge is 0.223 e. The predicted octanol–water partition coefficient (Wildman–Crippen LogP) is 1.52. The van der Waals surface area contributed by atoms with E-state index in [1.807, 2.05) is 0 Å². The molecule has 3 N–H and O–H groups in total. The molecular weight excluding hydrogens is 188 g/mol. The Balaban J connectivity index is 2.40. The Bertz CT molecular complexity index is 220. The van der Waals surface area contributed by atoms with Crippen molar-refractivity contribution >= 4 is 5.91 Å². The third-order valence-electron chi connectivity index (χ3n) is 3.09. The minimum atomic E-state index is 0.159. The molecule has 1 aliphatic carbocycles. The Morgan fingerprint density at radius 1 is 1.40 bits per heavy atom. The van der Waals surface area contributed by atoms with Crippen molar-refractivity contribution in [2.24, 2.45) is 23.0 Å². The highest BCUT2D eigenvalue weighted by atomic mass is 16.1. The fourth-order valence-corrected chi connectivity index (χ4v) is 2.15. The van der Waals surface area contributed by atoms with Crippen molar-refractivity contribution in [2.45, 2.75) is 40.0 Å². The van der Waals surface area contributed by atoms with Crippen molar-refractivity contribution in [2.75, 3.05) is 13.1 Å². The van der Waals surface area contributed by atoms with E-state index in [1.165, 1.54) is 0 Å². The van der Waals surface area contributed by atoms with Crippen molar-refractivity contribution in [3.8, 4) is 0 Å². The van der Waals surface area contributed by atoms with Gasteiger partial charge >= 0.3 is 0 Å². The largest absolute Gasteiger partial charge is 0.355 e. The van der Waals surface area contributed by atoms with Gasteiger partial charge in [-0.25, -0.2) is 0 Å². The van der Waals surface area contributed by atoms with Crippen LogP contribution in [0.5, 0.6) is 0 Å². The summed E-state index contributed by atoms with van der Waals surface area (Å²) in [5.41, 5.74) is 5.82. The molecule has 1 fully saturated rings. The van der Waals surface area contributed by atoms with E-state index in [0.29, 0.717) is 12.5 Å². The van der Waals surface area contributed by atoms with Crippen LogP contribution in [0.2, 0.25) is 0 Å². The molecule has 88 valence electrons. The monoisotopic (exact) mass is 212 g/mol. The van der Waals surface area contributed by atoms with E-state index in [9.17, 15) is 4.79 Å². The van der Waals surface area contributed by atoms with Crippen LogP contribution >= 0.6 is 0 Å². The van der Waals surface area contributed by atoms with E-state index in [1.54, 1.807) is 0 Å². The van der Waals surface area contributed by atoms with E-state index in [0.717, 1.165) is 25.8 Å². The van der Waals surface area contributed by atoms with Gasteiger partial charge in [-0.05, 0) is 30.7 Å². The molecule has 3 heteroatoms. The van der Waals surface area contributed by atoms with Crippen LogP contribution in [0.15, 0.2) is 0 Å². The first kappa shape index (κ1) is 12.5. The maximum atomic E-state index is 11.9. The molecule has 2 atom stereocenters. The first-order chi connectivity index (χ1) is 6.94. The van der Waals surface area contributed by atoms with E-state index in [-0.39, 0.29) is 17.2 Å². The second kappa shape index (κ2) is 4.97. The number of hydrogen-bond acceptors (Lipinski definition) is 2. The summed E-state index contributed by atoms with van der Waals surface area (Å²) >= 11 is 0. The molecule has 1 saturated carbocycles. The Hall–Kier alpha value is -0.570. The summed E-state index contributed by atoms with van der Waals surface area (Å²) in [6.07, 6.45) is 3.28. The molecule has 0 aromatic rings. The van der Waals surface area contributed by atoms with Gasteiger partial charge in [-0.1, -0.05) is 27.2 Å². The second-order valence-corrected chi connectivity index (χ2v) is 5.81. The Kier molecular flexibility index (Phi) is 4.14. The van der Waals surface area contributed by atoms with Crippen LogP contribution in [-0.4, -0.2) is 19.0 Å². The average Bonchev–Trinajstić information content (AvgIpc) is 2.60. The Labute approximate surface area is 92.8 Å². The highest BCUT2D eigenvalue weighted by Crippen LogP contribution is 2.31. The van der Waals surface area contributed by atoms with Crippen LogP contribution in [0.3, 0.4) is 0 Å². The van der Waals surface area contributed by atoms with Crippen molar-refractivity contribution in [3.05, 3.63) is 0 Å². The number of carbonyl (C=O) groups is 1. The lowest BCUT2D eigenvalue weighted by Crippen LogP contribution is -2.39. The fraction of sp³-hybridized carbons (Fsp3) is 0.917. The van der Waals surface area contributed by atoms with Gasteiger partial charge < -0.3 is 11.1 Å². The number of nitrogens with two attached hydrogens (primary N) is 1. The van der Waals surface area contributed by atoms with Crippen molar-refractivity contribution in [3.63, 3.8) is 0 Å². The number of nitrogens with one attached hydrogen (secondary N) is 1. The molecule has 0 saturated heterocycles. The first-order valence-electron chi connectivity index (χ1n) is 5.92. The first-order valence-corrected chi connectivity index (χ1v) is 5.92. The number of hydrogen-bond donors (Lipinski definition) is 2. The molecule has 0 spiro atoms. The quantitative estimate of drug-likeness (QED) is 0.745. The molecule has 0 heterocycles. The predicted molar refractivity (Wildman–Crippen MR) is 62.4 cm³/mol. The maximum Gasteiger partial charge on any atom is 0.223 e. The van der Waals surface area contributed by atoms with E-state index >= 15 is 0 Å². The molecule has 3 nitrogen and oxygen atoms in total. The summed E-state index contributed by atoms with van der Waals surface area (Å²) in [5.74, 6) is 0.778. The van der Waals surface area contributed by atoms with Crippen molar-refractivity contribution in [1.82, 2.24) is 5.32 Å². The van der Waals surface area contributed by atoms with E-state index in [2.05, 4.69) is 26.1 Å². The molecule has 0 aromatic carbocycles. The SMILES string of the molecule is CC(C)(C)CNC(=O)[C@@H]1CCC[C@@H]1CN. The van der Waals surface area contributed by atoms with Crippen LogP contribution in [0.4, 0.5) is 0 Å². The zero-order valence-corrected chi connectivity index (χ0v) is 10.2. The van der Waals surface area contributed by atoms with E-state index < -0.39 is 0 Å². The Morgan fingerprint density at radius 3 is 2.60 bits per heavy atom. The molecule has 1 rings (SSSR count). The third kappa shape index (κ3) is 3.82. The van der Waals surface area contributed by atoms with Gasteiger partial charge in [-0.15, -0.1) is 0 Å². The lowest BCUT2D eigenvalue weighted by atomic mass is 9.93. The summed E-state index contributed by atoms with van der Waals surface area (Å²) in [5, 5.41) is 3.03. The fourth-order valence-electron chi connectivity index (χ4n) is 2.15. The van der Waals surface area contributed by atoms with Crippen LogP contribution in [-0.2, 0) is 4.79 Å². The van der Waals surface area contributed by atoms with Gasteiger partial charge in [-0.2, -0.15) is 0 Å². The van der Waals surface area contributed by atoms with Gasteiger partial charge in [0.15, 0.2) is 0 Å². The lowest BCUT2D eigenvalue weighted by Gasteiger charge is -2.22. The number of carbonyl (C=O) groups excluding carboxylic acids is 1. The van der Waals surface area contributed by atoms with Gasteiger partial charge in [0, 0.05) is 12.5 Å². The molecule has 0 unspecified atom stereocenters. The molecule has 1 amide bonds. The van der Waals surface area contributed by atoms with Gasteiger partial charge in [0.2, 0.25) is 5.91 Å². The third-order valence-corrected chi connectivity index (χ3v) is 3.09. The molecular formula is C12H24N2O. The minimum Gasteiger partial charge on any atom is -0.355 e. The molecule has 0 aliphatic heterocycles. The van der Waals surface area contributed by atoms with Crippen molar-refractivity contribution < 1.29 is 4.79 Å². The summed E-state index contributed by atoms with van der Waals surface area (Å²) < 4.78 is 0. The minimum absolute atomic E-state index is 0.159. The van der Waals surface area contributed by atoms with Gasteiger partial charge in [-0.3, -0.25) is 4.79 Å². The Morgan fingerprint density at radius 2 is 2.07 bits per heavy atom. The van der Waals surface area contributed by atoms with Gasteiger partial charge in [0.1, 0.15) is 0 Å². The lowest BCUT2D eigenvalue weighted by molar-refractivity contribution is -0.126. The van der Waals surface area contributed by atoms with Gasteiger partial charge in [0.25, 0.3) is 0 Å². The van der Waals surface area contributed by atoms with Crippen LogP contribution in [0, 0.1) is 17.3 Å². The second-order valence-electron chi connectivity index (χ2n) is 5.81. The number of amides is 1. The maximum absolute atomic E-state index is 11.9. The molecule has 1 aliphatic rings. The zero-order chi connectivity index (χ0) is 11.5. The summed E-state index contributed by atoms with van der Waals surface area (Å²) in [6, 6.07) is 0. The molecule has 0 aromatic heterocycles. The highest BCUT2D eigenvalue weighted by molar-refractivity contribution is 5.79. The normalized spacial score (nSPS) is 26.7. The summed E-state index contributed by atoms with van der Waals surface area (Å²) in [7, 11) is 0. The summed E-state index contributed by atoms with van der Waals surface area (Å²) in [4.78, 5) is 11.9. The summed E-state index contributed by atoms with van der Waals surface area (Å²) in [6.45, 7) is 7.78. The average molecular weight is 212 g/mol. The topological polar surface area (TPSA) is 55.1 Å². The highest BCUT2D eigenvalue weighted by Gasteiger charge is 2.32. The van der Waals surface area contributed by atoms with Gasteiger partial charge in [0.05, 0.1) is 0 Å². The molecule has 15 heavy (non-hydrogen) atoms. The molecule has 0 radical (unpaired) electrons. The number of rotatable bonds is 3. The van der Waals surface area contributed by atoms with Crippen LogP contribution in [0.1, 0.15) is 40.0 Å². The zero-order valence-electron chi connectivity index (χ0n) is 10.2. The van der Waals surface area contributed by atoms with Crippen molar-refractivity contribution in [1.29, 1.82) is 0 Å². The van der Waals surface area contributed by atoms with Crippen LogP contribution < -0.4 is 11.1 Å².